The average molecular weight is 730 g/mol. The molecule has 0 atom stereocenters. The Bertz CT molecular complexity index is 1420. The molecule has 0 saturated heterocycles. The number of nitrogens with zero attached hydrogens (tertiary/aromatic N) is 1. The van der Waals surface area contributed by atoms with Crippen molar-refractivity contribution in [2.24, 2.45) is 0 Å². The Morgan fingerprint density at radius 3 is 2.18 bits per heavy atom. The highest BCUT2D eigenvalue weighted by Gasteiger charge is 2.13. The monoisotopic (exact) mass is 729 g/mol. The minimum Gasteiger partial charge on any atom is -0.492 e. The predicted molar refractivity (Wildman–Crippen MR) is 159 cm³/mol. The smallest absolute Gasteiger partial charge is 0.203 e. The summed E-state index contributed by atoms with van der Waals surface area (Å²) in [6.45, 7) is 10.4. The molecule has 4 nitrogen and oxygen atoms in total. The Balaban J connectivity index is 0.000000223. The summed E-state index contributed by atoms with van der Waals surface area (Å²) in [5.74, 6) is 0.887. The molecule has 0 fully saturated rings. The number of hydrogen-bond donors (Lipinski definition) is 1. The van der Waals surface area contributed by atoms with E-state index in [0.29, 0.717) is 17.0 Å². The zero-order valence-corrected chi connectivity index (χ0v) is 25.2. The highest BCUT2D eigenvalue weighted by molar-refractivity contribution is 14.1. The largest absolute Gasteiger partial charge is 0.492 e. The number of nitrogens with one attached hydrogen (secondary N) is 1. The topological polar surface area (TPSA) is 55.0 Å². The lowest BCUT2D eigenvalue weighted by Crippen LogP contribution is -2.09. The van der Waals surface area contributed by atoms with Gasteiger partial charge in [0, 0.05) is 32.0 Å². The number of fused-ring (bicyclic) bond motifs is 2. The maximum absolute atomic E-state index is 11.9. The van der Waals surface area contributed by atoms with Crippen LogP contribution in [-0.2, 0) is 0 Å². The van der Waals surface area contributed by atoms with E-state index in [1.54, 1.807) is 6.07 Å². The van der Waals surface area contributed by atoms with Gasteiger partial charge in [-0.1, -0.05) is 23.2 Å². The van der Waals surface area contributed by atoms with Crippen molar-refractivity contribution >= 4 is 90.2 Å². The Morgan fingerprint density at radius 2 is 1.59 bits per heavy atom. The molecule has 0 aliphatic heterocycles. The highest BCUT2D eigenvalue weighted by Crippen LogP contribution is 2.34. The van der Waals surface area contributed by atoms with Crippen LogP contribution in [0.25, 0.3) is 21.8 Å². The van der Waals surface area contributed by atoms with Crippen LogP contribution in [0.2, 0.25) is 10.0 Å². The number of ether oxygens (including phenoxy) is 1. The van der Waals surface area contributed by atoms with E-state index in [2.05, 4.69) is 55.1 Å². The third-order valence-electron chi connectivity index (χ3n) is 5.01. The van der Waals surface area contributed by atoms with Crippen molar-refractivity contribution in [2.75, 3.05) is 13.8 Å². The normalized spacial score (nSPS) is 10.8. The van der Waals surface area contributed by atoms with Crippen LogP contribution in [0, 0.1) is 34.8 Å². The first-order chi connectivity index (χ1) is 16.5. The Morgan fingerprint density at radius 1 is 1.03 bits per heavy atom. The molecule has 4 rings (SSSR count). The number of pyridine rings is 2. The number of halogens is 5. The molecule has 0 amide bonds. The molecule has 2 heterocycles. The zero-order valence-electron chi connectivity index (χ0n) is 20.4. The number of rotatable bonds is 2. The molecule has 0 bridgehead atoms. The number of H-pyrrole nitrogens is 1. The van der Waals surface area contributed by atoms with Crippen molar-refractivity contribution in [3.05, 3.63) is 74.2 Å². The lowest BCUT2D eigenvalue weighted by molar-refractivity contribution is 0.341. The van der Waals surface area contributed by atoms with E-state index in [0.717, 1.165) is 56.8 Å². The molecule has 0 aliphatic carbocycles. The van der Waals surface area contributed by atoms with Gasteiger partial charge in [-0.2, -0.15) is 0 Å². The summed E-state index contributed by atoms with van der Waals surface area (Å²) in [5, 5.41) is 3.02. The molecule has 34 heavy (non-hydrogen) atoms. The Hall–Kier alpha value is -1.17. The fourth-order valence-corrected chi connectivity index (χ4v) is 4.58. The van der Waals surface area contributed by atoms with Crippen LogP contribution in [0.4, 0.5) is 4.39 Å². The van der Waals surface area contributed by atoms with Crippen molar-refractivity contribution in [3.63, 3.8) is 0 Å². The van der Waals surface area contributed by atoms with Gasteiger partial charge in [0.25, 0.3) is 0 Å². The van der Waals surface area contributed by atoms with Gasteiger partial charge in [-0.15, -0.1) is 0 Å². The van der Waals surface area contributed by atoms with Gasteiger partial charge < -0.3 is 9.72 Å². The van der Waals surface area contributed by atoms with Crippen LogP contribution < -0.4 is 10.2 Å². The molecule has 1 N–H and O–H groups in total. The molecule has 0 spiro atoms. The maximum Gasteiger partial charge on any atom is 0.203 e. The molecule has 4 aromatic rings. The van der Waals surface area contributed by atoms with Gasteiger partial charge >= 0.3 is 0 Å². The van der Waals surface area contributed by atoms with Gasteiger partial charge in [-0.3, -0.25) is 14.2 Å². The van der Waals surface area contributed by atoms with E-state index in [1.165, 1.54) is 0 Å². The second-order valence-electron chi connectivity index (χ2n) is 7.43. The first kappa shape index (κ1) is 27.4. The van der Waals surface area contributed by atoms with Crippen LogP contribution in [0.1, 0.15) is 30.8 Å². The summed E-state index contributed by atoms with van der Waals surface area (Å²) in [5.41, 5.74) is 5.73. The van der Waals surface area contributed by atoms with Crippen LogP contribution in [0.15, 0.2) is 29.1 Å². The molecular weight excluding hydrogens is 704 g/mol. The van der Waals surface area contributed by atoms with E-state index in [-0.39, 0.29) is 5.43 Å². The predicted octanol–water partition coefficient (Wildman–Crippen LogP) is 8.50. The summed E-state index contributed by atoms with van der Waals surface area (Å²) >= 11 is 16.5. The molecule has 0 aliphatic rings. The minimum absolute atomic E-state index is 0.0451. The van der Waals surface area contributed by atoms with Crippen LogP contribution >= 0.6 is 68.4 Å². The van der Waals surface area contributed by atoms with Crippen molar-refractivity contribution in [3.8, 4) is 5.75 Å². The molecule has 9 heteroatoms. The maximum atomic E-state index is 11.9. The average Bonchev–Trinajstić information content (AvgIpc) is 2.80. The second kappa shape index (κ2) is 12.7. The fourth-order valence-electron chi connectivity index (χ4n) is 3.26. The van der Waals surface area contributed by atoms with Crippen molar-refractivity contribution < 1.29 is 10.5 Å². The first-order valence-corrected chi connectivity index (χ1v) is 13.1. The van der Waals surface area contributed by atoms with Crippen LogP contribution in [0.3, 0.4) is 0 Å². The third-order valence-corrected chi connectivity index (χ3v) is 8.39. The molecule has 2 aromatic heterocycles. The van der Waals surface area contributed by atoms with Crippen molar-refractivity contribution in [1.82, 2.24) is 9.97 Å². The molecule has 2 aromatic carbocycles. The fraction of sp³-hybridized carbons (Fsp3) is 0.280. The molecule has 0 unspecified atom stereocenters. The number of benzene rings is 2. The highest BCUT2D eigenvalue weighted by atomic mass is 127. The van der Waals surface area contributed by atoms with E-state index < -0.39 is 7.15 Å². The Kier molecular flexibility index (Phi) is 10.2. The van der Waals surface area contributed by atoms with Gasteiger partial charge in [0.15, 0.2) is 0 Å². The van der Waals surface area contributed by atoms with Gasteiger partial charge in [-0.05, 0) is 115 Å². The van der Waals surface area contributed by atoms with E-state index in [9.17, 15) is 9.18 Å². The number of aryl methyl sites for hydroxylation is 4. The number of hydrogen-bond acceptors (Lipinski definition) is 3. The summed E-state index contributed by atoms with van der Waals surface area (Å²) in [6.07, 6.45) is 0. The molecular formula is C25H25Cl2FI2N2O2. The second-order valence-corrected chi connectivity index (χ2v) is 10.4. The number of aromatic nitrogens is 2. The van der Waals surface area contributed by atoms with Crippen LogP contribution in [-0.4, -0.2) is 23.7 Å². The third kappa shape index (κ3) is 6.33. The van der Waals surface area contributed by atoms with Crippen molar-refractivity contribution in [2.45, 2.75) is 34.6 Å². The van der Waals surface area contributed by atoms with E-state index in [1.807, 2.05) is 52.8 Å². The van der Waals surface area contributed by atoms with Crippen LogP contribution in [0.5, 0.6) is 5.75 Å². The molecule has 0 saturated carbocycles. The molecule has 0 radical (unpaired) electrons. The summed E-state index contributed by atoms with van der Waals surface area (Å²) in [4.78, 5) is 19.7. The summed E-state index contributed by atoms with van der Waals surface area (Å²) < 4.78 is 23.0. The SMILES string of the molecule is CCOc1c(I)c(C)nc2cc(C)c(Cl)cc12.Cc1cc2[nH]c(C)c(I)c(=O)c2cc1Cl.[2H]CF. The van der Waals surface area contributed by atoms with Gasteiger partial charge in [0.05, 0.1) is 33.5 Å². The lowest BCUT2D eigenvalue weighted by Gasteiger charge is -2.12. The number of alkyl halides is 1. The van der Waals surface area contributed by atoms with Gasteiger partial charge in [-0.25, -0.2) is 0 Å². The lowest BCUT2D eigenvalue weighted by atomic mass is 10.1. The number of aromatic amines is 1. The Labute approximate surface area is 237 Å². The van der Waals surface area contributed by atoms with Gasteiger partial charge in [0.2, 0.25) is 5.43 Å². The zero-order chi connectivity index (χ0) is 26.4. The van der Waals surface area contributed by atoms with E-state index in [4.69, 9.17) is 29.3 Å². The minimum atomic E-state index is -1.00. The first-order valence-electron chi connectivity index (χ1n) is 10.9. The quantitative estimate of drug-likeness (QED) is 0.211. The summed E-state index contributed by atoms with van der Waals surface area (Å²) in [7, 11) is -1.00. The molecule has 182 valence electrons. The van der Waals surface area contributed by atoms with E-state index >= 15 is 0 Å². The van der Waals surface area contributed by atoms with Crippen molar-refractivity contribution in [1.29, 1.82) is 0 Å². The van der Waals surface area contributed by atoms with Gasteiger partial charge in [0.1, 0.15) is 5.75 Å². The summed E-state index contributed by atoms with van der Waals surface area (Å²) in [6, 6.07) is 7.57. The standard InChI is InChI=1S/C13H13ClINO.C11H9ClINO.CH3F/c1-4-17-13-9-6-10(14)7(2)5-11(9)16-8(3)12(13)15;1-5-3-9-7(4-8(5)12)11(15)10(13)6(2)14-9;1-2/h5-6H,4H2,1-3H3;3-4H,1-2H3,(H,14,15);1H3/i;;1D.